The summed E-state index contributed by atoms with van der Waals surface area (Å²) in [6.45, 7) is 4.00. The molecule has 1 aliphatic rings. The fourth-order valence-corrected chi connectivity index (χ4v) is 1.53. The van der Waals surface area contributed by atoms with Gasteiger partial charge in [0.1, 0.15) is 0 Å². The molecule has 0 unspecified atom stereocenters. The third-order valence-electron chi connectivity index (χ3n) is 1.91. The van der Waals surface area contributed by atoms with Gasteiger partial charge < -0.3 is 5.32 Å². The Labute approximate surface area is 85.2 Å². The Bertz CT molecular complexity index is 294. The quantitative estimate of drug-likeness (QED) is 0.634. The highest BCUT2D eigenvalue weighted by molar-refractivity contribution is 7.80. The number of thiocarbonyl (C=S) groups is 1. The van der Waals surface area contributed by atoms with Crippen LogP contribution in [0.3, 0.4) is 0 Å². The number of para-hydroxylation sites is 1. The molecule has 1 nitrogen and oxygen atoms in total. The number of hydrogen-bond donors (Lipinski definition) is 1. The Kier molecular flexibility index (Phi) is 3.90. The van der Waals surface area contributed by atoms with Gasteiger partial charge in [0, 0.05) is 12.1 Å². The fourth-order valence-electron chi connectivity index (χ4n) is 1.32. The van der Waals surface area contributed by atoms with Crippen molar-refractivity contribution < 1.29 is 0 Å². The van der Waals surface area contributed by atoms with Gasteiger partial charge in [-0.05, 0) is 18.1 Å². The summed E-state index contributed by atoms with van der Waals surface area (Å²) in [5.74, 6) is 0. The van der Waals surface area contributed by atoms with Gasteiger partial charge in [-0.15, -0.1) is 0 Å². The Balaban J connectivity index is 0.000000396. The average Bonchev–Trinajstić information content (AvgIpc) is 2.21. The molecule has 0 bridgehead atoms. The molecule has 1 aliphatic heterocycles. The van der Waals surface area contributed by atoms with Crippen LogP contribution in [0.2, 0.25) is 0 Å². The molecule has 1 heterocycles. The van der Waals surface area contributed by atoms with Gasteiger partial charge in [-0.25, -0.2) is 0 Å². The minimum absolute atomic E-state index is 0.962. The van der Waals surface area contributed by atoms with E-state index in [-0.39, 0.29) is 0 Å². The molecule has 0 saturated carbocycles. The SMILES string of the molecule is CC.S=C1CCc2ccccc2N1. The molecular weight excluding hydrogens is 178 g/mol. The molecule has 0 amide bonds. The van der Waals surface area contributed by atoms with Gasteiger partial charge in [-0.2, -0.15) is 0 Å². The summed E-state index contributed by atoms with van der Waals surface area (Å²) in [6.07, 6.45) is 2.08. The van der Waals surface area contributed by atoms with E-state index < -0.39 is 0 Å². The van der Waals surface area contributed by atoms with Crippen molar-refractivity contribution in [3.05, 3.63) is 29.8 Å². The van der Waals surface area contributed by atoms with Crippen LogP contribution in [0.1, 0.15) is 25.8 Å². The van der Waals surface area contributed by atoms with Crippen molar-refractivity contribution in [1.29, 1.82) is 0 Å². The minimum atomic E-state index is 0.962. The standard InChI is InChI=1S/C9H9NS.C2H6/c11-9-6-5-7-3-1-2-4-8(7)10-9;1-2/h1-4H,5-6H2,(H,10,11);1-2H3. The van der Waals surface area contributed by atoms with E-state index in [1.54, 1.807) is 0 Å². The lowest BCUT2D eigenvalue weighted by Gasteiger charge is -2.17. The lowest BCUT2D eigenvalue weighted by Crippen LogP contribution is -2.16. The van der Waals surface area contributed by atoms with Crippen molar-refractivity contribution in [1.82, 2.24) is 0 Å². The summed E-state index contributed by atoms with van der Waals surface area (Å²) in [6, 6.07) is 8.31. The number of fused-ring (bicyclic) bond motifs is 1. The molecule has 0 saturated heterocycles. The Morgan fingerprint density at radius 3 is 2.62 bits per heavy atom. The van der Waals surface area contributed by atoms with E-state index >= 15 is 0 Å². The first-order valence-corrected chi connectivity index (χ1v) is 5.15. The lowest BCUT2D eigenvalue weighted by molar-refractivity contribution is 1.03. The molecule has 0 aliphatic carbocycles. The second kappa shape index (κ2) is 4.97. The van der Waals surface area contributed by atoms with Crippen molar-refractivity contribution in [3.8, 4) is 0 Å². The molecule has 13 heavy (non-hydrogen) atoms. The number of rotatable bonds is 0. The lowest BCUT2D eigenvalue weighted by atomic mass is 10.0. The largest absolute Gasteiger partial charge is 0.350 e. The number of anilines is 1. The van der Waals surface area contributed by atoms with Crippen LogP contribution in [0.25, 0.3) is 0 Å². The molecule has 0 radical (unpaired) electrons. The van der Waals surface area contributed by atoms with E-state index in [0.29, 0.717) is 0 Å². The minimum Gasteiger partial charge on any atom is -0.350 e. The molecule has 2 heteroatoms. The summed E-state index contributed by atoms with van der Waals surface area (Å²) in [7, 11) is 0. The van der Waals surface area contributed by atoms with Crippen LogP contribution < -0.4 is 5.32 Å². The van der Waals surface area contributed by atoms with Crippen LogP contribution in [0.4, 0.5) is 5.69 Å². The Morgan fingerprint density at radius 1 is 1.15 bits per heavy atom. The number of aryl methyl sites for hydroxylation is 1. The van der Waals surface area contributed by atoms with Gasteiger partial charge in [0.15, 0.2) is 0 Å². The first kappa shape index (κ1) is 10.2. The summed E-state index contributed by atoms with van der Waals surface area (Å²) in [5.41, 5.74) is 2.56. The summed E-state index contributed by atoms with van der Waals surface area (Å²) in [5, 5.41) is 3.19. The van der Waals surface area contributed by atoms with Crippen LogP contribution in [-0.2, 0) is 6.42 Å². The number of benzene rings is 1. The van der Waals surface area contributed by atoms with E-state index in [1.807, 2.05) is 19.9 Å². The van der Waals surface area contributed by atoms with Crippen LogP contribution in [-0.4, -0.2) is 4.99 Å². The van der Waals surface area contributed by atoms with E-state index in [2.05, 4.69) is 23.5 Å². The van der Waals surface area contributed by atoms with E-state index in [1.165, 1.54) is 11.3 Å². The molecule has 2 rings (SSSR count). The number of hydrogen-bond acceptors (Lipinski definition) is 1. The van der Waals surface area contributed by atoms with Gasteiger partial charge in [-0.1, -0.05) is 44.3 Å². The Morgan fingerprint density at radius 2 is 1.85 bits per heavy atom. The first-order valence-electron chi connectivity index (χ1n) is 4.74. The molecule has 0 spiro atoms. The van der Waals surface area contributed by atoms with Crippen molar-refractivity contribution >= 4 is 22.9 Å². The highest BCUT2D eigenvalue weighted by Gasteiger charge is 2.09. The van der Waals surface area contributed by atoms with Gasteiger partial charge >= 0.3 is 0 Å². The van der Waals surface area contributed by atoms with E-state index in [4.69, 9.17) is 12.2 Å². The van der Waals surface area contributed by atoms with Crippen LogP contribution in [0, 0.1) is 0 Å². The monoisotopic (exact) mass is 193 g/mol. The average molecular weight is 193 g/mol. The normalized spacial score (nSPS) is 13.5. The summed E-state index contributed by atoms with van der Waals surface area (Å²) >= 11 is 5.07. The zero-order valence-corrected chi connectivity index (χ0v) is 8.95. The molecule has 0 atom stereocenters. The predicted octanol–water partition coefficient (Wildman–Crippen LogP) is 3.40. The Hall–Kier alpha value is -0.890. The van der Waals surface area contributed by atoms with Crippen molar-refractivity contribution in [2.75, 3.05) is 5.32 Å². The predicted molar refractivity (Wildman–Crippen MR) is 62.3 cm³/mol. The second-order valence-corrected chi connectivity index (χ2v) is 3.20. The third-order valence-corrected chi connectivity index (χ3v) is 2.22. The van der Waals surface area contributed by atoms with Crippen molar-refractivity contribution in [3.63, 3.8) is 0 Å². The molecular formula is C11H15NS. The van der Waals surface area contributed by atoms with Crippen LogP contribution >= 0.6 is 12.2 Å². The molecule has 0 aromatic heterocycles. The van der Waals surface area contributed by atoms with Crippen molar-refractivity contribution in [2.24, 2.45) is 0 Å². The van der Waals surface area contributed by atoms with E-state index in [9.17, 15) is 0 Å². The van der Waals surface area contributed by atoms with Crippen molar-refractivity contribution in [2.45, 2.75) is 26.7 Å². The molecule has 1 aromatic carbocycles. The van der Waals surface area contributed by atoms with Gasteiger partial charge in [0.25, 0.3) is 0 Å². The fraction of sp³-hybridized carbons (Fsp3) is 0.364. The van der Waals surface area contributed by atoms with Gasteiger partial charge in [0.2, 0.25) is 0 Å². The van der Waals surface area contributed by atoms with E-state index in [0.717, 1.165) is 17.8 Å². The zero-order chi connectivity index (χ0) is 9.68. The smallest absolute Gasteiger partial charge is 0.0800 e. The summed E-state index contributed by atoms with van der Waals surface area (Å²) in [4.78, 5) is 0.962. The highest BCUT2D eigenvalue weighted by atomic mass is 32.1. The maximum atomic E-state index is 5.07. The zero-order valence-electron chi connectivity index (χ0n) is 8.13. The molecule has 70 valence electrons. The second-order valence-electron chi connectivity index (χ2n) is 2.71. The third kappa shape index (κ3) is 2.52. The summed E-state index contributed by atoms with van der Waals surface area (Å²) < 4.78 is 0. The van der Waals surface area contributed by atoms with Gasteiger partial charge in [-0.3, -0.25) is 0 Å². The molecule has 1 aromatic rings. The first-order chi connectivity index (χ1) is 6.36. The van der Waals surface area contributed by atoms with Crippen LogP contribution in [0.15, 0.2) is 24.3 Å². The maximum Gasteiger partial charge on any atom is 0.0800 e. The van der Waals surface area contributed by atoms with Crippen LogP contribution in [0.5, 0.6) is 0 Å². The number of nitrogens with one attached hydrogen (secondary N) is 1. The molecule has 1 N–H and O–H groups in total. The topological polar surface area (TPSA) is 12.0 Å². The highest BCUT2D eigenvalue weighted by Crippen LogP contribution is 2.21. The maximum absolute atomic E-state index is 5.07. The molecule has 0 fully saturated rings. The van der Waals surface area contributed by atoms with Gasteiger partial charge in [0.05, 0.1) is 4.99 Å².